The number of hydrogen-bond acceptors (Lipinski definition) is 3. The lowest BCUT2D eigenvalue weighted by molar-refractivity contribution is -0.120. The first-order valence-electron chi connectivity index (χ1n) is 8.11. The van der Waals surface area contributed by atoms with Crippen LogP contribution in [0.3, 0.4) is 0 Å². The number of thiophene rings is 1. The highest BCUT2D eigenvalue weighted by Crippen LogP contribution is 2.28. The smallest absolute Gasteiger partial charge is 0.224 e. The number of halogens is 2. The second-order valence-electron chi connectivity index (χ2n) is 6.00. The summed E-state index contributed by atoms with van der Waals surface area (Å²) in [6.45, 7) is 2.84. The largest absolute Gasteiger partial charge is 0.354 e. The van der Waals surface area contributed by atoms with Gasteiger partial charge in [0.1, 0.15) is 0 Å². The Hall–Kier alpha value is -1.07. The SMILES string of the molecule is O=C(Cc1ccc(Cl)c(Cl)c1)NC[C@H](c1cccs1)N1CCCC1. The van der Waals surface area contributed by atoms with Crippen LogP contribution in [-0.4, -0.2) is 30.4 Å². The van der Waals surface area contributed by atoms with Crippen LogP contribution in [0.25, 0.3) is 0 Å². The molecule has 2 aromatic rings. The van der Waals surface area contributed by atoms with Crippen molar-refractivity contribution in [3.63, 3.8) is 0 Å². The zero-order valence-corrected chi connectivity index (χ0v) is 15.6. The fourth-order valence-corrected chi connectivity index (χ4v) is 4.23. The molecule has 0 unspecified atom stereocenters. The van der Waals surface area contributed by atoms with Crippen molar-refractivity contribution in [2.75, 3.05) is 19.6 Å². The Labute approximate surface area is 156 Å². The molecule has 1 amide bonds. The highest BCUT2D eigenvalue weighted by molar-refractivity contribution is 7.10. The number of amides is 1. The standard InChI is InChI=1S/C18H20Cl2N2OS/c19-14-6-5-13(10-15(14)20)11-18(23)21-12-16(17-4-3-9-24-17)22-7-1-2-8-22/h3-6,9-10,16H,1-2,7-8,11-12H2,(H,21,23)/t16-/m1/s1. The van der Waals surface area contributed by atoms with E-state index in [-0.39, 0.29) is 11.9 Å². The summed E-state index contributed by atoms with van der Waals surface area (Å²) in [5, 5.41) is 6.16. The van der Waals surface area contributed by atoms with E-state index in [0.717, 1.165) is 18.7 Å². The van der Waals surface area contributed by atoms with Gasteiger partial charge in [-0.2, -0.15) is 0 Å². The van der Waals surface area contributed by atoms with Crippen LogP contribution in [0.15, 0.2) is 35.7 Å². The molecule has 0 radical (unpaired) electrons. The van der Waals surface area contributed by atoms with Crippen LogP contribution in [0, 0.1) is 0 Å². The lowest BCUT2D eigenvalue weighted by Gasteiger charge is -2.27. The maximum absolute atomic E-state index is 12.3. The highest BCUT2D eigenvalue weighted by atomic mass is 35.5. The molecule has 0 spiro atoms. The maximum Gasteiger partial charge on any atom is 0.224 e. The number of hydrogen-bond donors (Lipinski definition) is 1. The summed E-state index contributed by atoms with van der Waals surface area (Å²) in [6.07, 6.45) is 2.78. The minimum Gasteiger partial charge on any atom is -0.354 e. The van der Waals surface area contributed by atoms with E-state index in [4.69, 9.17) is 23.2 Å². The van der Waals surface area contributed by atoms with Crippen LogP contribution in [0.4, 0.5) is 0 Å². The van der Waals surface area contributed by atoms with Crippen molar-refractivity contribution >= 4 is 40.4 Å². The van der Waals surface area contributed by atoms with Crippen molar-refractivity contribution in [2.45, 2.75) is 25.3 Å². The highest BCUT2D eigenvalue weighted by Gasteiger charge is 2.24. The van der Waals surface area contributed by atoms with Gasteiger partial charge in [0.05, 0.1) is 22.5 Å². The molecule has 1 aromatic carbocycles. The molecule has 1 aromatic heterocycles. The summed E-state index contributed by atoms with van der Waals surface area (Å²) in [7, 11) is 0. The van der Waals surface area contributed by atoms with Gasteiger partial charge in [0.15, 0.2) is 0 Å². The van der Waals surface area contributed by atoms with Crippen LogP contribution < -0.4 is 5.32 Å². The van der Waals surface area contributed by atoms with E-state index in [2.05, 4.69) is 27.7 Å². The quantitative estimate of drug-likeness (QED) is 0.794. The van der Waals surface area contributed by atoms with Gasteiger partial charge in [0.2, 0.25) is 5.91 Å². The molecule has 3 nitrogen and oxygen atoms in total. The number of carbonyl (C=O) groups excluding carboxylic acids is 1. The summed E-state index contributed by atoms with van der Waals surface area (Å²) in [5.74, 6) is 0.00846. The molecule has 1 saturated heterocycles. The summed E-state index contributed by atoms with van der Waals surface area (Å²) in [5.41, 5.74) is 0.871. The van der Waals surface area contributed by atoms with Crippen LogP contribution in [-0.2, 0) is 11.2 Å². The molecule has 1 N–H and O–H groups in total. The Morgan fingerprint density at radius 1 is 1.21 bits per heavy atom. The Balaban J connectivity index is 1.59. The fraction of sp³-hybridized carbons (Fsp3) is 0.389. The number of nitrogens with one attached hydrogen (secondary N) is 1. The predicted octanol–water partition coefficient (Wildman–Crippen LogP) is 4.55. The monoisotopic (exact) mass is 382 g/mol. The first kappa shape index (κ1) is 17.7. The number of likely N-dealkylation sites (tertiary alicyclic amines) is 1. The molecule has 128 valence electrons. The summed E-state index contributed by atoms with van der Waals surface area (Å²) in [4.78, 5) is 16.1. The normalized spacial score (nSPS) is 16.2. The van der Waals surface area contributed by atoms with Gasteiger partial charge in [-0.05, 0) is 55.1 Å². The zero-order valence-electron chi connectivity index (χ0n) is 13.3. The Bertz CT molecular complexity index is 684. The van der Waals surface area contributed by atoms with Crippen molar-refractivity contribution in [3.8, 4) is 0 Å². The molecule has 1 aliphatic rings. The predicted molar refractivity (Wildman–Crippen MR) is 101 cm³/mol. The molecule has 0 bridgehead atoms. The molecule has 6 heteroatoms. The molecule has 2 heterocycles. The van der Waals surface area contributed by atoms with Gasteiger partial charge in [-0.25, -0.2) is 0 Å². The van der Waals surface area contributed by atoms with E-state index in [1.165, 1.54) is 17.7 Å². The molecule has 0 saturated carbocycles. The average Bonchev–Trinajstić information content (AvgIpc) is 3.25. The number of nitrogens with zero attached hydrogens (tertiary/aromatic N) is 1. The third-order valence-electron chi connectivity index (χ3n) is 4.29. The van der Waals surface area contributed by atoms with Gasteiger partial charge in [0, 0.05) is 11.4 Å². The van der Waals surface area contributed by atoms with Crippen LogP contribution >= 0.6 is 34.5 Å². The summed E-state index contributed by atoms with van der Waals surface area (Å²) in [6, 6.07) is 9.81. The van der Waals surface area contributed by atoms with E-state index < -0.39 is 0 Å². The molecular weight excluding hydrogens is 363 g/mol. The van der Waals surface area contributed by atoms with Gasteiger partial charge >= 0.3 is 0 Å². The maximum atomic E-state index is 12.3. The third-order valence-corrected chi connectivity index (χ3v) is 6.01. The van der Waals surface area contributed by atoms with Crippen molar-refractivity contribution in [1.82, 2.24) is 10.2 Å². The first-order valence-corrected chi connectivity index (χ1v) is 9.75. The fourth-order valence-electron chi connectivity index (χ4n) is 3.05. The summed E-state index contributed by atoms with van der Waals surface area (Å²) < 4.78 is 0. The number of rotatable bonds is 6. The van der Waals surface area contributed by atoms with Crippen LogP contribution in [0.1, 0.15) is 29.3 Å². The Morgan fingerprint density at radius 3 is 2.67 bits per heavy atom. The van der Waals surface area contributed by atoms with Crippen molar-refractivity contribution in [2.24, 2.45) is 0 Å². The van der Waals surface area contributed by atoms with E-state index in [1.807, 2.05) is 6.07 Å². The molecule has 1 aliphatic heterocycles. The summed E-state index contributed by atoms with van der Waals surface area (Å²) >= 11 is 13.7. The van der Waals surface area contributed by atoms with Crippen LogP contribution in [0.5, 0.6) is 0 Å². The topological polar surface area (TPSA) is 32.3 Å². The van der Waals surface area contributed by atoms with E-state index in [9.17, 15) is 4.79 Å². The van der Waals surface area contributed by atoms with Crippen molar-refractivity contribution in [1.29, 1.82) is 0 Å². The lowest BCUT2D eigenvalue weighted by Crippen LogP contribution is -2.37. The van der Waals surface area contributed by atoms with Crippen LogP contribution in [0.2, 0.25) is 10.0 Å². The van der Waals surface area contributed by atoms with Gasteiger partial charge < -0.3 is 5.32 Å². The number of carbonyl (C=O) groups is 1. The Kier molecular flexibility index (Phi) is 6.17. The first-order chi connectivity index (χ1) is 11.6. The van der Waals surface area contributed by atoms with E-state index in [1.54, 1.807) is 23.5 Å². The molecule has 0 aliphatic carbocycles. The van der Waals surface area contributed by atoms with Crippen molar-refractivity contribution < 1.29 is 4.79 Å². The minimum absolute atomic E-state index is 0.00846. The lowest BCUT2D eigenvalue weighted by atomic mass is 10.1. The second-order valence-corrected chi connectivity index (χ2v) is 7.80. The second kappa shape index (κ2) is 8.34. The average molecular weight is 383 g/mol. The van der Waals surface area contributed by atoms with E-state index >= 15 is 0 Å². The minimum atomic E-state index is 0.00846. The van der Waals surface area contributed by atoms with Gasteiger partial charge in [-0.3, -0.25) is 9.69 Å². The molecule has 3 rings (SSSR count). The van der Waals surface area contributed by atoms with Gasteiger partial charge in [-0.1, -0.05) is 35.3 Å². The van der Waals surface area contributed by atoms with Gasteiger partial charge in [-0.15, -0.1) is 11.3 Å². The van der Waals surface area contributed by atoms with E-state index in [0.29, 0.717) is 23.0 Å². The van der Waals surface area contributed by atoms with Crippen molar-refractivity contribution in [3.05, 3.63) is 56.2 Å². The molecule has 1 fully saturated rings. The zero-order chi connectivity index (χ0) is 16.9. The van der Waals surface area contributed by atoms with Gasteiger partial charge in [0.25, 0.3) is 0 Å². The Morgan fingerprint density at radius 2 is 2.00 bits per heavy atom. The number of benzene rings is 1. The molecule has 1 atom stereocenters. The molecular formula is C18H20Cl2N2OS. The third kappa shape index (κ3) is 4.51. The molecule has 24 heavy (non-hydrogen) atoms.